The molecule has 1 aliphatic rings. The van der Waals surface area contributed by atoms with Crippen molar-refractivity contribution in [2.24, 2.45) is 10.8 Å². The van der Waals surface area contributed by atoms with Crippen LogP contribution in [0.25, 0.3) is 0 Å². The van der Waals surface area contributed by atoms with E-state index in [0.717, 1.165) is 0 Å². The number of halogens is 1. The smallest absolute Gasteiger partial charge is 0.268 e. The lowest BCUT2D eigenvalue weighted by Gasteiger charge is -2.20. The molecular weight excluding hydrogens is 317 g/mol. The van der Waals surface area contributed by atoms with Crippen LogP contribution in [0.1, 0.15) is 13.3 Å². The highest BCUT2D eigenvalue weighted by atomic mass is 19.1. The summed E-state index contributed by atoms with van der Waals surface area (Å²) in [4.78, 5) is 35.1. The number of benzene rings is 1. The van der Waals surface area contributed by atoms with E-state index in [2.05, 4.69) is 15.7 Å². The molecule has 0 spiro atoms. The van der Waals surface area contributed by atoms with Crippen LogP contribution in [-0.4, -0.2) is 42.6 Å². The summed E-state index contributed by atoms with van der Waals surface area (Å²) in [6.45, 7) is 2.03. The minimum atomic E-state index is -0.847. The number of likely N-dealkylation sites (N-methyl/N-ethyl adjacent to an activating group) is 1. The number of hydrogen-bond donors (Lipinski definition) is 3. The lowest BCUT2D eigenvalue weighted by Crippen LogP contribution is -2.41. The van der Waals surface area contributed by atoms with Crippen LogP contribution in [0.5, 0.6) is 0 Å². The van der Waals surface area contributed by atoms with E-state index in [0.29, 0.717) is 12.2 Å². The molecule has 0 aromatic heterocycles. The number of carbonyl (C=O) groups excluding carboxylic acids is 3. The molecule has 8 nitrogen and oxygen atoms in total. The first-order valence-corrected chi connectivity index (χ1v) is 7.39. The van der Waals surface area contributed by atoms with E-state index in [1.54, 1.807) is 6.92 Å². The van der Waals surface area contributed by atoms with Crippen molar-refractivity contribution in [2.45, 2.75) is 19.4 Å². The number of primary amides is 1. The maximum Gasteiger partial charge on any atom is 0.268 e. The molecule has 128 valence electrons. The maximum atomic E-state index is 13.0. The molecule has 0 aliphatic carbocycles. The van der Waals surface area contributed by atoms with Crippen molar-refractivity contribution in [1.82, 2.24) is 10.6 Å². The van der Waals surface area contributed by atoms with Crippen LogP contribution in [-0.2, 0) is 14.4 Å². The Kier molecular flexibility index (Phi) is 5.46. The number of hydrazone groups is 1. The van der Waals surface area contributed by atoms with Gasteiger partial charge in [0, 0.05) is 13.0 Å². The first-order valence-electron chi connectivity index (χ1n) is 7.39. The van der Waals surface area contributed by atoms with Gasteiger partial charge < -0.3 is 16.4 Å². The molecule has 0 bridgehead atoms. The van der Waals surface area contributed by atoms with Gasteiger partial charge in [-0.15, -0.1) is 0 Å². The van der Waals surface area contributed by atoms with Crippen LogP contribution in [0.15, 0.2) is 29.4 Å². The van der Waals surface area contributed by atoms with Gasteiger partial charge >= 0.3 is 0 Å². The van der Waals surface area contributed by atoms with E-state index in [4.69, 9.17) is 5.73 Å². The molecular formula is C15H18FN5O3. The van der Waals surface area contributed by atoms with Crippen molar-refractivity contribution in [2.75, 3.05) is 18.1 Å². The fraction of sp³-hybridized carbons (Fsp3) is 0.333. The predicted molar refractivity (Wildman–Crippen MR) is 85.6 cm³/mol. The summed E-state index contributed by atoms with van der Waals surface area (Å²) in [6.07, 6.45) is 0.00788. The number of nitrogens with two attached hydrogens (primary N) is 1. The van der Waals surface area contributed by atoms with Crippen molar-refractivity contribution in [3.63, 3.8) is 0 Å². The van der Waals surface area contributed by atoms with Gasteiger partial charge in [-0.1, -0.05) is 0 Å². The van der Waals surface area contributed by atoms with E-state index in [1.807, 2.05) is 0 Å². The molecule has 9 heteroatoms. The summed E-state index contributed by atoms with van der Waals surface area (Å²) in [5, 5.41) is 10.4. The van der Waals surface area contributed by atoms with E-state index < -0.39 is 23.7 Å². The number of nitrogens with zero attached hydrogens (tertiary/aromatic N) is 2. The molecule has 24 heavy (non-hydrogen) atoms. The monoisotopic (exact) mass is 335 g/mol. The molecule has 1 aliphatic heterocycles. The summed E-state index contributed by atoms with van der Waals surface area (Å²) in [5.74, 6) is -1.98. The van der Waals surface area contributed by atoms with E-state index in [9.17, 15) is 18.8 Å². The van der Waals surface area contributed by atoms with Crippen molar-refractivity contribution < 1.29 is 18.8 Å². The Morgan fingerprint density at radius 3 is 2.54 bits per heavy atom. The SMILES string of the molecule is CCNC(=O)CNC(=O)C1=NN(c2ccc(F)cc2)[C@H](C(N)=O)C1. The number of anilines is 1. The highest BCUT2D eigenvalue weighted by molar-refractivity contribution is 6.40. The molecule has 1 aromatic carbocycles. The first kappa shape index (κ1) is 17.4. The van der Waals surface area contributed by atoms with Crippen LogP contribution in [0.3, 0.4) is 0 Å². The van der Waals surface area contributed by atoms with Crippen LogP contribution in [0, 0.1) is 5.82 Å². The van der Waals surface area contributed by atoms with Crippen molar-refractivity contribution in [3.8, 4) is 0 Å². The van der Waals surface area contributed by atoms with Gasteiger partial charge in [-0.05, 0) is 31.2 Å². The Morgan fingerprint density at radius 2 is 1.96 bits per heavy atom. The Bertz CT molecular complexity index is 674. The second-order valence-electron chi connectivity index (χ2n) is 5.13. The number of hydrogen-bond acceptors (Lipinski definition) is 5. The van der Waals surface area contributed by atoms with Gasteiger partial charge in [-0.2, -0.15) is 5.10 Å². The van der Waals surface area contributed by atoms with Gasteiger partial charge in [0.15, 0.2) is 0 Å². The van der Waals surface area contributed by atoms with Gasteiger partial charge in [-0.25, -0.2) is 4.39 Å². The predicted octanol–water partition coefficient (Wildman–Crippen LogP) is -0.502. The zero-order chi connectivity index (χ0) is 17.7. The molecule has 0 fully saturated rings. The molecule has 4 N–H and O–H groups in total. The molecule has 0 saturated heterocycles. The normalized spacial score (nSPS) is 16.5. The molecule has 1 aromatic rings. The van der Waals surface area contributed by atoms with Gasteiger partial charge in [0.25, 0.3) is 5.91 Å². The Hall–Kier alpha value is -2.97. The van der Waals surface area contributed by atoms with E-state index in [1.165, 1.54) is 29.3 Å². The van der Waals surface area contributed by atoms with Gasteiger partial charge in [0.1, 0.15) is 17.6 Å². The molecule has 1 atom stereocenters. The fourth-order valence-corrected chi connectivity index (χ4v) is 2.22. The summed E-state index contributed by atoms with van der Waals surface area (Å²) in [5.41, 5.74) is 5.87. The average molecular weight is 335 g/mol. The van der Waals surface area contributed by atoms with Crippen LogP contribution < -0.4 is 21.4 Å². The maximum absolute atomic E-state index is 13.0. The zero-order valence-corrected chi connectivity index (χ0v) is 13.1. The summed E-state index contributed by atoms with van der Waals surface area (Å²) in [7, 11) is 0. The lowest BCUT2D eigenvalue weighted by molar-refractivity contribution is -0.123. The molecule has 0 unspecified atom stereocenters. The topological polar surface area (TPSA) is 117 Å². The third kappa shape index (κ3) is 4.06. The lowest BCUT2D eigenvalue weighted by atomic mass is 10.1. The third-order valence-corrected chi connectivity index (χ3v) is 3.38. The van der Waals surface area contributed by atoms with Crippen LogP contribution in [0.4, 0.5) is 10.1 Å². The quantitative estimate of drug-likeness (QED) is 0.649. The second-order valence-corrected chi connectivity index (χ2v) is 5.13. The van der Waals surface area contributed by atoms with Gasteiger partial charge in [0.05, 0.1) is 12.2 Å². The van der Waals surface area contributed by atoms with Gasteiger partial charge in [-0.3, -0.25) is 19.4 Å². The summed E-state index contributed by atoms with van der Waals surface area (Å²) >= 11 is 0. The second kappa shape index (κ2) is 7.53. The summed E-state index contributed by atoms with van der Waals surface area (Å²) < 4.78 is 13.0. The molecule has 0 saturated carbocycles. The first-order chi connectivity index (χ1) is 11.4. The number of nitrogens with one attached hydrogen (secondary N) is 2. The Labute approximate surface area is 137 Å². The molecule has 0 radical (unpaired) electrons. The standard InChI is InChI=1S/C15H18FN5O3/c1-2-18-13(22)8-19-15(24)11-7-12(14(17)23)21(20-11)10-5-3-9(16)4-6-10/h3-6,12H,2,7-8H2,1H3,(H2,17,23)(H,18,22)(H,19,24)/t12-/m0/s1. The van der Waals surface area contributed by atoms with Crippen LogP contribution in [0.2, 0.25) is 0 Å². The minimum Gasteiger partial charge on any atom is -0.368 e. The fourth-order valence-electron chi connectivity index (χ4n) is 2.22. The highest BCUT2D eigenvalue weighted by Crippen LogP contribution is 2.24. The zero-order valence-electron chi connectivity index (χ0n) is 13.1. The van der Waals surface area contributed by atoms with Crippen molar-refractivity contribution in [1.29, 1.82) is 0 Å². The highest BCUT2D eigenvalue weighted by Gasteiger charge is 2.35. The van der Waals surface area contributed by atoms with Crippen molar-refractivity contribution in [3.05, 3.63) is 30.1 Å². The molecule has 3 amide bonds. The largest absolute Gasteiger partial charge is 0.368 e. The third-order valence-electron chi connectivity index (χ3n) is 3.38. The van der Waals surface area contributed by atoms with E-state index in [-0.39, 0.29) is 24.6 Å². The molecule has 2 rings (SSSR count). The van der Waals surface area contributed by atoms with Crippen molar-refractivity contribution >= 4 is 29.1 Å². The number of rotatable bonds is 6. The number of amides is 3. The Morgan fingerprint density at radius 1 is 1.29 bits per heavy atom. The Balaban J connectivity index is 2.12. The van der Waals surface area contributed by atoms with E-state index >= 15 is 0 Å². The molecule has 1 heterocycles. The number of carbonyl (C=O) groups is 3. The van der Waals surface area contributed by atoms with Gasteiger partial charge in [0.2, 0.25) is 11.8 Å². The summed E-state index contributed by atoms with van der Waals surface area (Å²) in [6, 6.07) is 4.46. The minimum absolute atomic E-state index is 0.00788. The average Bonchev–Trinajstić information content (AvgIpc) is 2.99. The van der Waals surface area contributed by atoms with Crippen LogP contribution >= 0.6 is 0 Å².